The molecule has 48 heavy (non-hydrogen) atoms. The first-order valence-corrected chi connectivity index (χ1v) is 22.7. The van der Waals surface area contributed by atoms with Crippen molar-refractivity contribution in [1.29, 1.82) is 0 Å². The van der Waals surface area contributed by atoms with Gasteiger partial charge in [-0.15, -0.1) is 23.5 Å². The van der Waals surface area contributed by atoms with Crippen LogP contribution in [0.5, 0.6) is 0 Å². The van der Waals surface area contributed by atoms with Crippen molar-refractivity contribution in [2.24, 2.45) is 22.7 Å². The fourth-order valence-electron chi connectivity index (χ4n) is 10.3. The molecule has 6 atom stereocenters. The minimum Gasteiger partial charge on any atom is -0.390 e. The van der Waals surface area contributed by atoms with E-state index in [2.05, 4.69) is 44.3 Å². The summed E-state index contributed by atoms with van der Waals surface area (Å²) in [5.41, 5.74) is -1.80. The Hall–Kier alpha value is -0.260. The number of ketones is 1. The van der Waals surface area contributed by atoms with Crippen molar-refractivity contribution in [2.45, 2.75) is 204 Å². The van der Waals surface area contributed by atoms with Crippen LogP contribution in [0.2, 0.25) is 0 Å². The maximum absolute atomic E-state index is 17.7. The molecule has 0 amide bonds. The van der Waals surface area contributed by atoms with Gasteiger partial charge in [-0.05, 0) is 86.9 Å². The lowest BCUT2D eigenvalue weighted by molar-refractivity contribution is -0.189. The van der Waals surface area contributed by atoms with Crippen LogP contribution in [0, 0.1) is 22.7 Å². The molecule has 3 saturated carbocycles. The van der Waals surface area contributed by atoms with Gasteiger partial charge < -0.3 is 5.11 Å². The molecular weight excluding hydrogens is 632 g/mol. The number of hydrogen-bond acceptors (Lipinski definition) is 4. The minimum absolute atomic E-state index is 0.0358. The molecule has 0 aromatic rings. The van der Waals surface area contributed by atoms with E-state index in [0.29, 0.717) is 6.42 Å². The largest absolute Gasteiger partial charge is 0.390 e. The summed E-state index contributed by atoms with van der Waals surface area (Å²) >= 11 is 4.39. The van der Waals surface area contributed by atoms with Crippen molar-refractivity contribution < 1.29 is 14.3 Å². The number of hydrogen-bond donors (Lipinski definition) is 1. The lowest BCUT2D eigenvalue weighted by atomic mass is 9.46. The van der Waals surface area contributed by atoms with Gasteiger partial charge in [0.2, 0.25) is 0 Å². The van der Waals surface area contributed by atoms with Gasteiger partial charge in [0, 0.05) is 11.3 Å². The van der Waals surface area contributed by atoms with E-state index in [1.807, 2.05) is 13.0 Å². The first-order valence-electron chi connectivity index (χ1n) is 20.8. The molecule has 5 heteroatoms. The monoisotopic (exact) mass is 705 g/mol. The Morgan fingerprint density at radius 2 is 1.21 bits per heavy atom. The molecule has 4 aliphatic carbocycles. The Bertz CT molecular complexity index is 1020. The zero-order valence-electron chi connectivity index (χ0n) is 31.6. The van der Waals surface area contributed by atoms with Crippen molar-refractivity contribution >= 4 is 29.3 Å². The van der Waals surface area contributed by atoms with Crippen molar-refractivity contribution in [2.75, 3.05) is 11.5 Å². The average Bonchev–Trinajstić information content (AvgIpc) is 3.34. The van der Waals surface area contributed by atoms with Crippen molar-refractivity contribution in [3.05, 3.63) is 23.8 Å². The number of carbonyl (C=O) groups is 1. The van der Waals surface area contributed by atoms with Gasteiger partial charge in [0.15, 0.2) is 11.5 Å². The van der Waals surface area contributed by atoms with Crippen LogP contribution in [0.25, 0.3) is 0 Å². The predicted octanol–water partition coefficient (Wildman–Crippen LogP) is 13.4. The zero-order valence-corrected chi connectivity index (χ0v) is 33.2. The summed E-state index contributed by atoms with van der Waals surface area (Å²) in [5.74, 6) is 2.44. The lowest BCUT2D eigenvalue weighted by Gasteiger charge is -2.63. The van der Waals surface area contributed by atoms with Crippen LogP contribution >= 0.6 is 23.5 Å². The second-order valence-electron chi connectivity index (χ2n) is 16.6. The molecule has 0 radical (unpaired) electrons. The van der Waals surface area contributed by atoms with E-state index < -0.39 is 17.2 Å². The number of unbranched alkanes of at least 4 members (excludes halogenated alkanes) is 18. The molecule has 0 aliphatic heterocycles. The molecule has 0 aromatic carbocycles. The Balaban J connectivity index is 1.36. The van der Waals surface area contributed by atoms with Crippen molar-refractivity contribution in [3.63, 3.8) is 0 Å². The highest BCUT2D eigenvalue weighted by molar-refractivity contribution is 8.18. The third-order valence-electron chi connectivity index (χ3n) is 13.4. The second-order valence-corrected chi connectivity index (χ2v) is 19.7. The number of carbonyl (C=O) groups excluding carboxylic acids is 1. The summed E-state index contributed by atoms with van der Waals surface area (Å²) in [6.07, 6.45) is 35.5. The van der Waals surface area contributed by atoms with Gasteiger partial charge in [0.25, 0.3) is 0 Å². The smallest absolute Gasteiger partial charge is 0.178 e. The maximum atomic E-state index is 17.7. The van der Waals surface area contributed by atoms with E-state index >= 15 is 4.39 Å². The van der Waals surface area contributed by atoms with E-state index in [1.165, 1.54) is 140 Å². The Morgan fingerprint density at radius 3 is 1.71 bits per heavy atom. The molecule has 1 N–H and O–H groups in total. The van der Waals surface area contributed by atoms with Crippen LogP contribution < -0.4 is 0 Å². The van der Waals surface area contributed by atoms with Crippen LogP contribution in [-0.4, -0.2) is 38.2 Å². The Labute approximate surface area is 304 Å². The second kappa shape index (κ2) is 19.5. The van der Waals surface area contributed by atoms with E-state index in [1.54, 1.807) is 12.2 Å². The topological polar surface area (TPSA) is 37.3 Å². The average molecular weight is 705 g/mol. The molecule has 2 nitrogen and oxygen atoms in total. The fourth-order valence-corrected chi connectivity index (χ4v) is 14.2. The summed E-state index contributed by atoms with van der Waals surface area (Å²) < 4.78 is 17.8. The first-order chi connectivity index (χ1) is 23.2. The SMILES string of the molecule is CCCCCCCCCCCCSC1(SCCCCCCCCCCCC)CC[C@H]2[C@@H]3CCC4=CC(=O)C=C[C@]4(C)C3(F)[C@@H](O)C[C@@]21C. The number of aliphatic hydroxyl groups is 1. The van der Waals surface area contributed by atoms with Gasteiger partial charge in [-0.1, -0.05) is 148 Å². The minimum atomic E-state index is -1.71. The number of rotatable bonds is 24. The standard InChI is InChI=1S/C43H73FO2S2/c1-5-7-9-11-13-15-17-19-21-23-31-47-42(48-32-24-22-20-18-16-14-12-10-8-6-2)30-28-37-38-26-25-35-33-36(45)27-29-40(35,3)43(38,44)39(46)34-41(37,42)4/h27,29,33,37-39,46H,5-26,28,30-32,34H2,1-4H3/t37-,38-,39-,40-,41-,43?/m0/s1. The van der Waals surface area contributed by atoms with Gasteiger partial charge >= 0.3 is 0 Å². The van der Waals surface area contributed by atoms with Gasteiger partial charge in [-0.2, -0.15) is 0 Å². The highest BCUT2D eigenvalue weighted by Gasteiger charge is 2.73. The summed E-state index contributed by atoms with van der Waals surface area (Å²) in [4.78, 5) is 12.3. The number of halogens is 1. The highest BCUT2D eigenvalue weighted by Crippen LogP contribution is 2.74. The van der Waals surface area contributed by atoms with E-state index in [4.69, 9.17) is 0 Å². The Morgan fingerprint density at radius 1 is 0.729 bits per heavy atom. The molecule has 276 valence electrons. The van der Waals surface area contributed by atoms with Gasteiger partial charge in [0.05, 0.1) is 10.2 Å². The fraction of sp³-hybridized carbons (Fsp3) is 0.884. The zero-order chi connectivity index (χ0) is 34.5. The van der Waals surface area contributed by atoms with Crippen molar-refractivity contribution in [1.82, 2.24) is 0 Å². The van der Waals surface area contributed by atoms with Gasteiger partial charge in [-0.3, -0.25) is 4.79 Å². The quantitative estimate of drug-likeness (QED) is 0.0802. The summed E-state index contributed by atoms with van der Waals surface area (Å²) in [7, 11) is 0. The molecule has 1 unspecified atom stereocenters. The number of alkyl halides is 1. The number of aliphatic hydroxyl groups excluding tert-OH is 1. The van der Waals surface area contributed by atoms with Gasteiger partial charge in [0.1, 0.15) is 0 Å². The summed E-state index contributed by atoms with van der Waals surface area (Å²) in [6, 6.07) is 0. The molecule has 0 heterocycles. The molecular formula is C43H73FO2S2. The summed E-state index contributed by atoms with van der Waals surface area (Å²) in [6.45, 7) is 8.98. The number of thioether (sulfide) groups is 2. The third-order valence-corrected chi connectivity index (χ3v) is 17.3. The van der Waals surface area contributed by atoms with Crippen LogP contribution in [0.3, 0.4) is 0 Å². The molecule has 0 bridgehead atoms. The molecule has 0 aromatic heterocycles. The van der Waals surface area contributed by atoms with Gasteiger partial charge in [-0.25, -0.2) is 4.39 Å². The third kappa shape index (κ3) is 9.20. The lowest BCUT2D eigenvalue weighted by Crippen LogP contribution is -2.67. The highest BCUT2D eigenvalue weighted by atomic mass is 32.2. The molecule has 3 fully saturated rings. The van der Waals surface area contributed by atoms with Crippen LogP contribution in [0.1, 0.15) is 188 Å². The summed E-state index contributed by atoms with van der Waals surface area (Å²) in [5, 5.41) is 12.0. The van der Waals surface area contributed by atoms with E-state index in [9.17, 15) is 9.90 Å². The predicted molar refractivity (Wildman–Crippen MR) is 210 cm³/mol. The molecule has 0 saturated heterocycles. The number of allylic oxidation sites excluding steroid dienone is 4. The molecule has 4 rings (SSSR count). The maximum Gasteiger partial charge on any atom is 0.178 e. The molecule has 4 aliphatic rings. The van der Waals surface area contributed by atoms with Crippen molar-refractivity contribution in [3.8, 4) is 0 Å². The van der Waals surface area contributed by atoms with Crippen LogP contribution in [0.4, 0.5) is 4.39 Å². The van der Waals surface area contributed by atoms with E-state index in [-0.39, 0.29) is 27.1 Å². The van der Waals surface area contributed by atoms with E-state index in [0.717, 1.165) is 31.3 Å². The van der Waals surface area contributed by atoms with Crippen LogP contribution in [-0.2, 0) is 4.79 Å². The molecule has 0 spiro atoms. The first kappa shape index (κ1) is 40.5. The van der Waals surface area contributed by atoms with Crippen LogP contribution in [0.15, 0.2) is 23.8 Å². The number of fused-ring (bicyclic) bond motifs is 5. The normalized spacial score (nSPS) is 32.2. The Kier molecular flexibility index (Phi) is 16.5.